The molecule has 0 spiro atoms. The molecule has 0 fully saturated rings. The van der Waals surface area contributed by atoms with Gasteiger partial charge in [-0.15, -0.1) is 0 Å². The van der Waals surface area contributed by atoms with Crippen molar-refractivity contribution >= 4 is 5.97 Å². The van der Waals surface area contributed by atoms with Gasteiger partial charge >= 0.3 is 5.97 Å². The number of carbonyl (C=O) groups is 1. The third-order valence-corrected chi connectivity index (χ3v) is 3.62. The van der Waals surface area contributed by atoms with E-state index in [1.54, 1.807) is 19.3 Å². The SMILES string of the molecule is CCC(C(=O)O)c1nc(-c2cccnc2)c(-c2ccccc2)o1. The number of carboxylic acid groups (broad SMARTS) is 1. The summed E-state index contributed by atoms with van der Waals surface area (Å²) in [6.07, 6.45) is 3.78. The Morgan fingerprint density at radius 1 is 1.17 bits per heavy atom. The van der Waals surface area contributed by atoms with Crippen LogP contribution in [0, 0.1) is 0 Å². The monoisotopic (exact) mass is 308 g/mol. The third kappa shape index (κ3) is 2.99. The van der Waals surface area contributed by atoms with Crippen LogP contribution < -0.4 is 0 Å². The summed E-state index contributed by atoms with van der Waals surface area (Å²) in [7, 11) is 0. The maximum absolute atomic E-state index is 11.4. The lowest BCUT2D eigenvalue weighted by Gasteiger charge is -2.03. The highest BCUT2D eigenvalue weighted by Crippen LogP contribution is 2.35. The number of hydrogen-bond donors (Lipinski definition) is 1. The Balaban J connectivity index is 2.17. The molecule has 0 aliphatic rings. The first-order chi connectivity index (χ1) is 11.2. The van der Waals surface area contributed by atoms with E-state index in [0.29, 0.717) is 17.9 Å². The van der Waals surface area contributed by atoms with Crippen molar-refractivity contribution in [2.45, 2.75) is 19.3 Å². The van der Waals surface area contributed by atoms with Crippen molar-refractivity contribution in [3.8, 4) is 22.6 Å². The fourth-order valence-corrected chi connectivity index (χ4v) is 2.42. The van der Waals surface area contributed by atoms with E-state index in [2.05, 4.69) is 9.97 Å². The highest BCUT2D eigenvalue weighted by atomic mass is 16.4. The first-order valence-corrected chi connectivity index (χ1v) is 7.40. The van der Waals surface area contributed by atoms with Gasteiger partial charge in [-0.3, -0.25) is 9.78 Å². The van der Waals surface area contributed by atoms with E-state index in [1.165, 1.54) is 0 Å². The predicted molar refractivity (Wildman–Crippen MR) is 85.8 cm³/mol. The second kappa shape index (κ2) is 6.44. The molecule has 0 radical (unpaired) electrons. The Hall–Kier alpha value is -2.95. The van der Waals surface area contributed by atoms with Crippen molar-refractivity contribution in [1.29, 1.82) is 0 Å². The van der Waals surface area contributed by atoms with Gasteiger partial charge < -0.3 is 9.52 Å². The summed E-state index contributed by atoms with van der Waals surface area (Å²) in [5.74, 6) is -0.917. The van der Waals surface area contributed by atoms with Crippen LogP contribution >= 0.6 is 0 Å². The Morgan fingerprint density at radius 2 is 1.91 bits per heavy atom. The van der Waals surface area contributed by atoms with E-state index in [9.17, 15) is 9.90 Å². The number of rotatable bonds is 5. The molecule has 1 aromatic carbocycles. The molecule has 5 heteroatoms. The quantitative estimate of drug-likeness (QED) is 0.771. The van der Waals surface area contributed by atoms with Crippen LogP contribution in [0.1, 0.15) is 25.2 Å². The maximum Gasteiger partial charge on any atom is 0.315 e. The zero-order valence-electron chi connectivity index (χ0n) is 12.6. The van der Waals surface area contributed by atoms with Crippen molar-refractivity contribution in [3.05, 3.63) is 60.7 Å². The normalized spacial score (nSPS) is 12.0. The molecule has 2 heterocycles. The number of aliphatic carboxylic acids is 1. The Bertz CT molecular complexity index is 741. The molecule has 0 saturated heterocycles. The first-order valence-electron chi connectivity index (χ1n) is 7.40. The number of pyridine rings is 1. The Kier molecular flexibility index (Phi) is 4.19. The summed E-state index contributed by atoms with van der Waals surface area (Å²) in [5.41, 5.74) is 2.26. The highest BCUT2D eigenvalue weighted by Gasteiger charge is 2.26. The van der Waals surface area contributed by atoms with E-state index in [4.69, 9.17) is 4.42 Å². The average molecular weight is 308 g/mol. The second-order valence-electron chi connectivity index (χ2n) is 5.14. The third-order valence-electron chi connectivity index (χ3n) is 3.62. The molecule has 3 aromatic rings. The van der Waals surface area contributed by atoms with Crippen molar-refractivity contribution in [1.82, 2.24) is 9.97 Å². The van der Waals surface area contributed by atoms with Gasteiger partial charge in [0.2, 0.25) is 5.89 Å². The standard InChI is InChI=1S/C18H16N2O3/c1-2-14(18(21)22)17-20-15(13-9-6-10-19-11-13)16(23-17)12-7-4-3-5-8-12/h3-11,14H,2H2,1H3,(H,21,22). The van der Waals surface area contributed by atoms with Gasteiger partial charge in [-0.2, -0.15) is 0 Å². The van der Waals surface area contributed by atoms with Crippen LogP contribution in [0.4, 0.5) is 0 Å². The second-order valence-corrected chi connectivity index (χ2v) is 5.14. The minimum atomic E-state index is -0.939. The molecule has 23 heavy (non-hydrogen) atoms. The molecule has 1 unspecified atom stereocenters. The molecule has 0 amide bonds. The van der Waals surface area contributed by atoms with Gasteiger partial charge in [-0.1, -0.05) is 37.3 Å². The lowest BCUT2D eigenvalue weighted by atomic mass is 10.1. The molecule has 0 aliphatic heterocycles. The van der Waals surface area contributed by atoms with Gasteiger partial charge in [0.25, 0.3) is 0 Å². The van der Waals surface area contributed by atoms with Crippen molar-refractivity contribution < 1.29 is 14.3 Å². The average Bonchev–Trinajstić information content (AvgIpc) is 3.02. The van der Waals surface area contributed by atoms with Crippen molar-refractivity contribution in [3.63, 3.8) is 0 Å². The maximum atomic E-state index is 11.4. The van der Waals surface area contributed by atoms with Crippen molar-refractivity contribution in [2.75, 3.05) is 0 Å². The van der Waals surface area contributed by atoms with Gasteiger partial charge in [-0.25, -0.2) is 4.98 Å². The van der Waals surface area contributed by atoms with Crippen LogP contribution in [0.5, 0.6) is 0 Å². The van der Waals surface area contributed by atoms with E-state index in [1.807, 2.05) is 42.5 Å². The van der Waals surface area contributed by atoms with Crippen LogP contribution in [0.25, 0.3) is 22.6 Å². The lowest BCUT2D eigenvalue weighted by molar-refractivity contribution is -0.139. The van der Waals surface area contributed by atoms with E-state index in [0.717, 1.165) is 11.1 Å². The molecule has 1 atom stereocenters. The number of carboxylic acids is 1. The summed E-state index contributed by atoms with van der Waals surface area (Å²) >= 11 is 0. The molecule has 116 valence electrons. The molecular formula is C18H16N2O3. The highest BCUT2D eigenvalue weighted by molar-refractivity contribution is 5.79. The minimum absolute atomic E-state index is 0.220. The molecule has 0 bridgehead atoms. The molecule has 3 rings (SSSR count). The molecule has 0 saturated carbocycles. The van der Waals surface area contributed by atoms with Gasteiger partial charge in [0, 0.05) is 23.5 Å². The summed E-state index contributed by atoms with van der Waals surface area (Å²) in [6, 6.07) is 13.2. The smallest absolute Gasteiger partial charge is 0.315 e. The summed E-state index contributed by atoms with van der Waals surface area (Å²) < 4.78 is 5.85. The summed E-state index contributed by atoms with van der Waals surface area (Å²) in [6.45, 7) is 1.80. The largest absolute Gasteiger partial charge is 0.481 e. The van der Waals surface area contributed by atoms with Crippen LogP contribution in [-0.2, 0) is 4.79 Å². The van der Waals surface area contributed by atoms with Crippen LogP contribution in [0.3, 0.4) is 0 Å². The summed E-state index contributed by atoms with van der Waals surface area (Å²) in [4.78, 5) is 20.0. The number of aromatic nitrogens is 2. The predicted octanol–water partition coefficient (Wildman–Crippen LogP) is 3.98. The minimum Gasteiger partial charge on any atom is -0.481 e. The molecule has 0 aliphatic carbocycles. The molecule has 5 nitrogen and oxygen atoms in total. The van der Waals surface area contributed by atoms with E-state index < -0.39 is 11.9 Å². The number of hydrogen-bond acceptors (Lipinski definition) is 4. The Morgan fingerprint density at radius 3 is 2.52 bits per heavy atom. The molecule has 2 aromatic heterocycles. The molecular weight excluding hydrogens is 292 g/mol. The van der Waals surface area contributed by atoms with Crippen LogP contribution in [-0.4, -0.2) is 21.0 Å². The van der Waals surface area contributed by atoms with Crippen molar-refractivity contribution in [2.24, 2.45) is 0 Å². The van der Waals surface area contributed by atoms with E-state index in [-0.39, 0.29) is 5.89 Å². The number of oxazole rings is 1. The molecule has 1 N–H and O–H groups in total. The fraction of sp³-hybridized carbons (Fsp3) is 0.167. The van der Waals surface area contributed by atoms with Gasteiger partial charge in [-0.05, 0) is 18.6 Å². The van der Waals surface area contributed by atoms with Gasteiger partial charge in [0.15, 0.2) is 5.76 Å². The van der Waals surface area contributed by atoms with Gasteiger partial charge in [0.1, 0.15) is 11.6 Å². The summed E-state index contributed by atoms with van der Waals surface area (Å²) in [5, 5.41) is 9.36. The lowest BCUT2D eigenvalue weighted by Crippen LogP contribution is -2.10. The van der Waals surface area contributed by atoms with Crippen LogP contribution in [0.2, 0.25) is 0 Å². The Labute approximate surface area is 133 Å². The fourth-order valence-electron chi connectivity index (χ4n) is 2.42. The zero-order valence-corrected chi connectivity index (χ0v) is 12.6. The van der Waals surface area contributed by atoms with Crippen LogP contribution in [0.15, 0.2) is 59.3 Å². The van der Waals surface area contributed by atoms with E-state index >= 15 is 0 Å². The zero-order chi connectivity index (χ0) is 16.2. The number of benzene rings is 1. The first kappa shape index (κ1) is 15.0. The number of nitrogens with zero attached hydrogens (tertiary/aromatic N) is 2. The van der Waals surface area contributed by atoms with Gasteiger partial charge in [0.05, 0.1) is 0 Å². The topological polar surface area (TPSA) is 76.2 Å².